The van der Waals surface area contributed by atoms with Crippen molar-refractivity contribution in [1.82, 2.24) is 0 Å². The molecule has 0 amide bonds. The zero-order valence-electron chi connectivity index (χ0n) is 7.64. The molecule has 1 rings (SSSR count). The van der Waals surface area contributed by atoms with Gasteiger partial charge in [0, 0.05) is 5.71 Å². The Morgan fingerprint density at radius 2 is 2.08 bits per heavy atom. The van der Waals surface area contributed by atoms with Gasteiger partial charge in [-0.25, -0.2) is 0 Å². The first-order valence-electron chi connectivity index (χ1n) is 4.20. The molecule has 0 atom stereocenters. The van der Waals surface area contributed by atoms with Crippen LogP contribution in [-0.4, -0.2) is 17.4 Å². The predicted octanol–water partition coefficient (Wildman–Crippen LogP) is 2.33. The van der Waals surface area contributed by atoms with Gasteiger partial charge in [-0.15, -0.1) is 0 Å². The smallest absolute Gasteiger partial charge is 0.0632 e. The van der Waals surface area contributed by atoms with Gasteiger partial charge in [-0.3, -0.25) is 4.99 Å². The van der Waals surface area contributed by atoms with Gasteiger partial charge in [0.1, 0.15) is 0 Å². The van der Waals surface area contributed by atoms with Gasteiger partial charge >= 0.3 is 0 Å². The van der Waals surface area contributed by atoms with Crippen LogP contribution in [0.2, 0.25) is 0 Å². The van der Waals surface area contributed by atoms with Crippen molar-refractivity contribution in [1.29, 1.82) is 0 Å². The van der Waals surface area contributed by atoms with E-state index >= 15 is 0 Å². The molecule has 0 spiro atoms. The lowest BCUT2D eigenvalue weighted by Crippen LogP contribution is -1.84. The molecule has 0 radical (unpaired) electrons. The maximum absolute atomic E-state index is 8.54. The van der Waals surface area contributed by atoms with Crippen LogP contribution in [0.5, 0.6) is 0 Å². The van der Waals surface area contributed by atoms with Crippen LogP contribution in [0.3, 0.4) is 0 Å². The van der Waals surface area contributed by atoms with E-state index in [1.165, 1.54) is 0 Å². The molecule has 0 aliphatic carbocycles. The molecule has 0 saturated carbocycles. The number of hydrogen-bond donors (Lipinski definition) is 1. The van der Waals surface area contributed by atoms with Crippen LogP contribution in [-0.2, 0) is 0 Å². The fourth-order valence-electron chi connectivity index (χ4n) is 0.967. The average molecular weight is 175 g/mol. The van der Waals surface area contributed by atoms with Crippen LogP contribution in [0.15, 0.2) is 47.5 Å². The van der Waals surface area contributed by atoms with Crippen LogP contribution in [0.25, 0.3) is 0 Å². The van der Waals surface area contributed by atoms with E-state index in [0.29, 0.717) is 0 Å². The summed E-state index contributed by atoms with van der Waals surface area (Å²) in [6.45, 7) is 1.96. The Balaban J connectivity index is 2.71. The van der Waals surface area contributed by atoms with Crippen molar-refractivity contribution >= 4 is 11.4 Å². The van der Waals surface area contributed by atoms with E-state index in [1.807, 2.05) is 37.3 Å². The third-order valence-corrected chi connectivity index (χ3v) is 1.53. The maximum Gasteiger partial charge on any atom is 0.0632 e. The van der Waals surface area contributed by atoms with Gasteiger partial charge < -0.3 is 5.11 Å². The highest BCUT2D eigenvalue weighted by atomic mass is 16.2. The Labute approximate surface area is 78.3 Å². The summed E-state index contributed by atoms with van der Waals surface area (Å²) in [4.78, 5) is 4.32. The third-order valence-electron chi connectivity index (χ3n) is 1.53. The molecule has 1 N–H and O–H groups in total. The first kappa shape index (κ1) is 9.68. The standard InChI is InChI=1S/C11H13NO/c1-10(6-5-9-13)12-11-7-3-2-4-8-11/h2-8,13H,9H2,1H3. The molecule has 0 fully saturated rings. The van der Waals surface area contributed by atoms with Crippen LogP contribution >= 0.6 is 0 Å². The van der Waals surface area contributed by atoms with Crippen molar-refractivity contribution in [3.05, 3.63) is 42.5 Å². The summed E-state index contributed by atoms with van der Waals surface area (Å²) in [6, 6.07) is 9.73. The molecule has 0 saturated heterocycles. The molecule has 2 nitrogen and oxygen atoms in total. The number of allylic oxidation sites excluding steroid dienone is 1. The Morgan fingerprint density at radius 1 is 1.38 bits per heavy atom. The Morgan fingerprint density at radius 3 is 2.69 bits per heavy atom. The highest BCUT2D eigenvalue weighted by Gasteiger charge is 1.86. The lowest BCUT2D eigenvalue weighted by atomic mass is 10.3. The molecule has 0 heterocycles. The minimum atomic E-state index is 0.0572. The SMILES string of the molecule is CC(C=CCO)=Nc1ccccc1. The third kappa shape index (κ3) is 3.67. The second-order valence-corrected chi connectivity index (χ2v) is 2.67. The van der Waals surface area contributed by atoms with Crippen LogP contribution in [0.4, 0.5) is 5.69 Å². The monoisotopic (exact) mass is 175 g/mol. The molecule has 2 heteroatoms. The Kier molecular flexibility index (Phi) is 3.93. The fraction of sp³-hybridized carbons (Fsp3) is 0.182. The van der Waals surface area contributed by atoms with Crippen molar-refractivity contribution < 1.29 is 5.11 Å². The molecule has 0 unspecified atom stereocenters. The number of para-hydroxylation sites is 1. The molecule has 0 aliphatic rings. The number of aliphatic imine (C=N–C) groups is 1. The summed E-state index contributed by atoms with van der Waals surface area (Å²) in [5.74, 6) is 0. The zero-order chi connectivity index (χ0) is 9.52. The van der Waals surface area contributed by atoms with Crippen LogP contribution in [0.1, 0.15) is 6.92 Å². The first-order chi connectivity index (χ1) is 6.33. The Bertz CT molecular complexity index is 301. The van der Waals surface area contributed by atoms with Gasteiger partial charge in [0.25, 0.3) is 0 Å². The molecule has 13 heavy (non-hydrogen) atoms. The van der Waals surface area contributed by atoms with E-state index in [1.54, 1.807) is 12.2 Å². The Hall–Kier alpha value is -1.41. The van der Waals surface area contributed by atoms with Crippen molar-refractivity contribution in [2.24, 2.45) is 4.99 Å². The van der Waals surface area contributed by atoms with Gasteiger partial charge in [0.05, 0.1) is 12.3 Å². The lowest BCUT2D eigenvalue weighted by Gasteiger charge is -1.93. The largest absolute Gasteiger partial charge is 0.392 e. The molecular formula is C11H13NO. The summed E-state index contributed by atoms with van der Waals surface area (Å²) in [5, 5.41) is 8.54. The number of nitrogens with zero attached hydrogens (tertiary/aromatic N) is 1. The number of rotatable bonds is 3. The molecule has 1 aromatic rings. The summed E-state index contributed by atoms with van der Waals surface area (Å²) in [5.41, 5.74) is 1.82. The van der Waals surface area contributed by atoms with Gasteiger partial charge in [-0.2, -0.15) is 0 Å². The number of benzene rings is 1. The molecular weight excluding hydrogens is 162 g/mol. The van der Waals surface area contributed by atoms with Crippen molar-refractivity contribution in [3.63, 3.8) is 0 Å². The maximum atomic E-state index is 8.54. The van der Waals surface area contributed by atoms with E-state index < -0.39 is 0 Å². The minimum Gasteiger partial charge on any atom is -0.392 e. The molecule has 0 aliphatic heterocycles. The van der Waals surface area contributed by atoms with Gasteiger partial charge in [-0.1, -0.05) is 24.3 Å². The van der Waals surface area contributed by atoms with E-state index in [4.69, 9.17) is 5.11 Å². The minimum absolute atomic E-state index is 0.0572. The highest BCUT2D eigenvalue weighted by Crippen LogP contribution is 2.09. The zero-order valence-corrected chi connectivity index (χ0v) is 7.64. The topological polar surface area (TPSA) is 32.6 Å². The van der Waals surface area contributed by atoms with Crippen LogP contribution < -0.4 is 0 Å². The summed E-state index contributed by atoms with van der Waals surface area (Å²) in [7, 11) is 0. The van der Waals surface area contributed by atoms with Gasteiger partial charge in [-0.05, 0) is 25.1 Å². The number of hydrogen-bond acceptors (Lipinski definition) is 2. The van der Waals surface area contributed by atoms with E-state index in [0.717, 1.165) is 11.4 Å². The van der Waals surface area contributed by atoms with Crippen molar-refractivity contribution in [2.75, 3.05) is 6.61 Å². The van der Waals surface area contributed by atoms with Gasteiger partial charge in [0.2, 0.25) is 0 Å². The second-order valence-electron chi connectivity index (χ2n) is 2.67. The van der Waals surface area contributed by atoms with Crippen LogP contribution in [0, 0.1) is 0 Å². The summed E-state index contributed by atoms with van der Waals surface area (Å²) < 4.78 is 0. The van der Waals surface area contributed by atoms with Crippen molar-refractivity contribution in [3.8, 4) is 0 Å². The average Bonchev–Trinajstić information content (AvgIpc) is 2.16. The second kappa shape index (κ2) is 5.27. The van der Waals surface area contributed by atoms with E-state index in [-0.39, 0.29) is 6.61 Å². The molecule has 1 aromatic carbocycles. The number of aliphatic hydroxyl groups is 1. The van der Waals surface area contributed by atoms with E-state index in [2.05, 4.69) is 4.99 Å². The van der Waals surface area contributed by atoms with E-state index in [9.17, 15) is 0 Å². The van der Waals surface area contributed by atoms with Gasteiger partial charge in [0.15, 0.2) is 0 Å². The normalized spacial score (nSPS) is 12.3. The molecule has 0 aromatic heterocycles. The molecule has 0 bridgehead atoms. The van der Waals surface area contributed by atoms with Crippen molar-refractivity contribution in [2.45, 2.75) is 6.92 Å². The highest BCUT2D eigenvalue weighted by molar-refractivity contribution is 5.94. The predicted molar refractivity (Wildman–Crippen MR) is 55.4 cm³/mol. The summed E-state index contributed by atoms with van der Waals surface area (Å²) in [6.07, 6.45) is 3.47. The fourth-order valence-corrected chi connectivity index (χ4v) is 0.967. The lowest BCUT2D eigenvalue weighted by molar-refractivity contribution is 0.343. The first-order valence-corrected chi connectivity index (χ1v) is 4.20. The summed E-state index contributed by atoms with van der Waals surface area (Å²) >= 11 is 0. The molecule has 68 valence electrons. The number of aliphatic hydroxyl groups excluding tert-OH is 1. The quantitative estimate of drug-likeness (QED) is 0.702.